The number of nitrogens with one attached hydrogen (secondary N) is 1. The van der Waals surface area contributed by atoms with Crippen LogP contribution < -0.4 is 5.32 Å². The number of aryl methyl sites for hydroxylation is 1. The maximum Gasteiger partial charge on any atom is 0.234 e. The molecule has 0 unspecified atom stereocenters. The molecule has 0 aliphatic heterocycles. The molecular weight excluding hydrogens is 349 g/mol. The molecule has 1 aromatic heterocycles. The number of hydrogen-bond donors (Lipinski definition) is 1. The van der Waals surface area contributed by atoms with Gasteiger partial charge < -0.3 is 5.32 Å². The van der Waals surface area contributed by atoms with E-state index in [1.54, 1.807) is 0 Å². The zero-order valence-electron chi connectivity index (χ0n) is 13.4. The number of nitriles is 1. The summed E-state index contributed by atoms with van der Waals surface area (Å²) in [4.78, 5) is 16.4. The number of anilines is 1. The zero-order chi connectivity index (χ0) is 17.9. The van der Waals surface area contributed by atoms with Gasteiger partial charge in [-0.25, -0.2) is 9.37 Å². The Kier molecular flexibility index (Phi) is 5.81. The predicted molar refractivity (Wildman–Crippen MR) is 93.9 cm³/mol. The summed E-state index contributed by atoms with van der Waals surface area (Å²) in [6, 6.07) is 6.07. The number of hydrogen-bond acceptors (Lipinski definition) is 4. The Labute approximate surface area is 149 Å². The van der Waals surface area contributed by atoms with Crippen LogP contribution in [0.2, 0.25) is 5.02 Å². The van der Waals surface area contributed by atoms with Crippen molar-refractivity contribution in [1.29, 1.82) is 5.26 Å². The molecule has 0 spiro atoms. The second kappa shape index (κ2) is 7.65. The van der Waals surface area contributed by atoms with Gasteiger partial charge in [0.2, 0.25) is 5.91 Å². The molecule has 1 amide bonds. The van der Waals surface area contributed by atoms with Crippen LogP contribution in [-0.2, 0) is 4.79 Å². The summed E-state index contributed by atoms with van der Waals surface area (Å²) in [7, 11) is 0. The Balaban J connectivity index is 2.13. The van der Waals surface area contributed by atoms with Crippen LogP contribution in [0.25, 0.3) is 0 Å². The first-order valence-corrected chi connectivity index (χ1v) is 8.45. The van der Waals surface area contributed by atoms with Crippen LogP contribution in [0.1, 0.15) is 22.4 Å². The molecule has 1 aromatic carbocycles. The minimum atomic E-state index is -0.560. The van der Waals surface area contributed by atoms with E-state index in [-0.39, 0.29) is 11.4 Å². The number of nitrogens with zero attached hydrogens (tertiary/aromatic N) is 2. The highest BCUT2D eigenvalue weighted by molar-refractivity contribution is 8.00. The minimum Gasteiger partial charge on any atom is -0.323 e. The average Bonchev–Trinajstić information content (AvgIpc) is 2.54. The number of aromatic nitrogens is 1. The van der Waals surface area contributed by atoms with E-state index in [2.05, 4.69) is 16.4 Å². The average molecular weight is 364 g/mol. The smallest absolute Gasteiger partial charge is 0.234 e. The summed E-state index contributed by atoms with van der Waals surface area (Å²) in [5.41, 5.74) is 3.12. The van der Waals surface area contributed by atoms with Gasteiger partial charge in [-0.2, -0.15) is 5.26 Å². The molecular formula is C17H15ClFN3OS. The Morgan fingerprint density at radius 3 is 2.75 bits per heavy atom. The molecule has 1 N–H and O–H groups in total. The number of pyridine rings is 1. The first-order chi connectivity index (χ1) is 11.3. The maximum absolute atomic E-state index is 13.6. The summed E-state index contributed by atoms with van der Waals surface area (Å²) < 4.78 is 13.6. The molecule has 0 saturated carbocycles. The highest BCUT2D eigenvalue weighted by atomic mass is 35.5. The fourth-order valence-corrected chi connectivity index (χ4v) is 3.12. The molecule has 0 aliphatic rings. The standard InChI is InChI=1S/C17H15ClFN3OS/c1-9-10(2)13(7-20)17(21-11(9)3)24-8-16(23)22-15-6-12(18)4-5-14(15)19/h4-6H,8H2,1-3H3,(H,22,23). The zero-order valence-corrected chi connectivity index (χ0v) is 15.0. The molecule has 0 atom stereocenters. The van der Waals surface area contributed by atoms with Gasteiger partial charge in [-0.15, -0.1) is 0 Å². The van der Waals surface area contributed by atoms with Crippen molar-refractivity contribution in [3.05, 3.63) is 51.4 Å². The van der Waals surface area contributed by atoms with Crippen molar-refractivity contribution in [2.24, 2.45) is 0 Å². The topological polar surface area (TPSA) is 65.8 Å². The molecule has 0 saturated heterocycles. The normalized spacial score (nSPS) is 10.3. The maximum atomic E-state index is 13.6. The van der Waals surface area contributed by atoms with Crippen molar-refractivity contribution in [1.82, 2.24) is 4.98 Å². The van der Waals surface area contributed by atoms with Crippen molar-refractivity contribution in [3.8, 4) is 6.07 Å². The van der Waals surface area contributed by atoms with Crippen LogP contribution in [0.4, 0.5) is 10.1 Å². The van der Waals surface area contributed by atoms with Gasteiger partial charge in [0.05, 0.1) is 17.0 Å². The van der Waals surface area contributed by atoms with E-state index in [9.17, 15) is 14.4 Å². The quantitative estimate of drug-likeness (QED) is 0.817. The van der Waals surface area contributed by atoms with Crippen molar-refractivity contribution in [2.75, 3.05) is 11.1 Å². The summed E-state index contributed by atoms with van der Waals surface area (Å²) in [5, 5.41) is 12.6. The Morgan fingerprint density at radius 1 is 1.38 bits per heavy atom. The molecule has 4 nitrogen and oxygen atoms in total. The Bertz CT molecular complexity index is 849. The monoisotopic (exact) mass is 363 g/mol. The van der Waals surface area contributed by atoms with E-state index in [1.807, 2.05) is 20.8 Å². The third kappa shape index (κ3) is 4.05. The number of thioether (sulfide) groups is 1. The summed E-state index contributed by atoms with van der Waals surface area (Å²) >= 11 is 6.94. The van der Waals surface area contributed by atoms with Crippen LogP contribution >= 0.6 is 23.4 Å². The van der Waals surface area contributed by atoms with Gasteiger partial charge in [-0.1, -0.05) is 23.4 Å². The summed E-state index contributed by atoms with van der Waals surface area (Å²) in [6.45, 7) is 5.62. The molecule has 7 heteroatoms. The lowest BCUT2D eigenvalue weighted by molar-refractivity contribution is -0.113. The van der Waals surface area contributed by atoms with Gasteiger partial charge in [0.25, 0.3) is 0 Å². The van der Waals surface area contributed by atoms with Gasteiger partial charge in [0.1, 0.15) is 16.9 Å². The van der Waals surface area contributed by atoms with E-state index in [1.165, 1.54) is 18.2 Å². The van der Waals surface area contributed by atoms with Crippen molar-refractivity contribution < 1.29 is 9.18 Å². The highest BCUT2D eigenvalue weighted by Crippen LogP contribution is 2.27. The molecule has 0 aliphatic carbocycles. The van der Waals surface area contributed by atoms with E-state index in [4.69, 9.17) is 11.6 Å². The van der Waals surface area contributed by atoms with Gasteiger partial charge in [0, 0.05) is 10.7 Å². The van der Waals surface area contributed by atoms with Crippen molar-refractivity contribution in [3.63, 3.8) is 0 Å². The number of rotatable bonds is 4. The molecule has 2 aromatic rings. The highest BCUT2D eigenvalue weighted by Gasteiger charge is 2.15. The van der Waals surface area contributed by atoms with E-state index in [0.29, 0.717) is 15.6 Å². The SMILES string of the molecule is Cc1nc(SCC(=O)Nc2cc(Cl)ccc2F)c(C#N)c(C)c1C. The molecule has 0 radical (unpaired) electrons. The Hall–Kier alpha value is -2.10. The van der Waals surface area contributed by atoms with E-state index >= 15 is 0 Å². The number of carbonyl (C=O) groups excluding carboxylic acids is 1. The Morgan fingerprint density at radius 2 is 2.08 bits per heavy atom. The van der Waals surface area contributed by atoms with Crippen LogP contribution in [0.5, 0.6) is 0 Å². The first kappa shape index (κ1) is 18.2. The van der Waals surface area contributed by atoms with Gasteiger partial charge in [-0.05, 0) is 50.1 Å². The molecule has 0 bridgehead atoms. The fourth-order valence-electron chi connectivity index (χ4n) is 2.06. The lowest BCUT2D eigenvalue weighted by Gasteiger charge is -2.11. The van der Waals surface area contributed by atoms with Crippen LogP contribution in [0.3, 0.4) is 0 Å². The third-order valence-electron chi connectivity index (χ3n) is 3.62. The minimum absolute atomic E-state index is 0.00950. The molecule has 24 heavy (non-hydrogen) atoms. The number of amides is 1. The van der Waals surface area contributed by atoms with Crippen LogP contribution in [-0.4, -0.2) is 16.6 Å². The first-order valence-electron chi connectivity index (χ1n) is 7.09. The van der Waals surface area contributed by atoms with Gasteiger partial charge in [0.15, 0.2) is 0 Å². The molecule has 1 heterocycles. The second-order valence-corrected chi connectivity index (χ2v) is 6.60. The molecule has 0 fully saturated rings. The van der Waals surface area contributed by atoms with Crippen molar-refractivity contribution >= 4 is 35.0 Å². The van der Waals surface area contributed by atoms with Crippen molar-refractivity contribution in [2.45, 2.75) is 25.8 Å². The van der Waals surface area contributed by atoms with Gasteiger partial charge in [-0.3, -0.25) is 4.79 Å². The van der Waals surface area contributed by atoms with E-state index < -0.39 is 11.7 Å². The summed E-state index contributed by atoms with van der Waals surface area (Å²) in [5.74, 6) is -0.950. The van der Waals surface area contributed by atoms with Gasteiger partial charge >= 0.3 is 0 Å². The van der Waals surface area contributed by atoms with Crippen LogP contribution in [0.15, 0.2) is 23.2 Å². The lowest BCUT2D eigenvalue weighted by Crippen LogP contribution is -2.15. The summed E-state index contributed by atoms with van der Waals surface area (Å²) in [6.07, 6.45) is 0. The predicted octanol–water partition coefficient (Wildman–Crippen LogP) is 4.40. The van der Waals surface area contributed by atoms with E-state index in [0.717, 1.165) is 28.6 Å². The van der Waals surface area contributed by atoms with Crippen LogP contribution in [0, 0.1) is 37.9 Å². The lowest BCUT2D eigenvalue weighted by atomic mass is 10.1. The molecule has 124 valence electrons. The molecule has 2 rings (SSSR count). The number of halogens is 2. The fraction of sp³-hybridized carbons (Fsp3) is 0.235. The third-order valence-corrected chi connectivity index (χ3v) is 4.83. The largest absolute Gasteiger partial charge is 0.323 e. The second-order valence-electron chi connectivity index (χ2n) is 5.20. The number of carbonyl (C=O) groups is 1. The number of benzene rings is 1.